The Hall–Kier alpha value is -1.00. The summed E-state index contributed by atoms with van der Waals surface area (Å²) in [7, 11) is 1.85. The Morgan fingerprint density at radius 1 is 1.29 bits per heavy atom. The van der Waals surface area contributed by atoms with Crippen LogP contribution in [0.3, 0.4) is 0 Å². The molecule has 116 valence electrons. The Morgan fingerprint density at radius 3 is 2.71 bits per heavy atom. The minimum Gasteiger partial charge on any atom is -0.375 e. The van der Waals surface area contributed by atoms with Crippen molar-refractivity contribution in [3.63, 3.8) is 0 Å². The average molecular weight is 295 g/mol. The lowest BCUT2D eigenvalue weighted by atomic mass is 9.78. The van der Waals surface area contributed by atoms with Gasteiger partial charge in [0.1, 0.15) is 11.6 Å². The van der Waals surface area contributed by atoms with Crippen LogP contribution in [0.1, 0.15) is 50.1 Å². The molecular formula is C17H23F2NO. The zero-order valence-electron chi connectivity index (χ0n) is 12.5. The van der Waals surface area contributed by atoms with Crippen LogP contribution in [0.4, 0.5) is 8.78 Å². The van der Waals surface area contributed by atoms with Crippen molar-refractivity contribution >= 4 is 0 Å². The molecule has 1 aromatic rings. The maximum Gasteiger partial charge on any atom is 0.130 e. The summed E-state index contributed by atoms with van der Waals surface area (Å²) >= 11 is 0. The molecule has 21 heavy (non-hydrogen) atoms. The van der Waals surface area contributed by atoms with E-state index >= 15 is 0 Å². The van der Waals surface area contributed by atoms with Crippen LogP contribution >= 0.6 is 0 Å². The van der Waals surface area contributed by atoms with Crippen molar-refractivity contribution in [2.45, 2.75) is 50.2 Å². The summed E-state index contributed by atoms with van der Waals surface area (Å²) < 4.78 is 33.3. The summed E-state index contributed by atoms with van der Waals surface area (Å²) in [5.41, 5.74) is 0.577. The van der Waals surface area contributed by atoms with Gasteiger partial charge in [0.15, 0.2) is 0 Å². The number of rotatable bonds is 3. The predicted molar refractivity (Wildman–Crippen MR) is 78.0 cm³/mol. The Morgan fingerprint density at radius 2 is 2.05 bits per heavy atom. The van der Waals surface area contributed by atoms with E-state index in [4.69, 9.17) is 4.74 Å². The van der Waals surface area contributed by atoms with Crippen molar-refractivity contribution in [1.29, 1.82) is 0 Å². The fourth-order valence-electron chi connectivity index (χ4n) is 4.12. The molecule has 2 unspecified atom stereocenters. The maximum atomic E-state index is 14.1. The Balaban J connectivity index is 1.82. The third-order valence-electron chi connectivity index (χ3n) is 5.13. The van der Waals surface area contributed by atoms with E-state index in [2.05, 4.69) is 5.32 Å². The fourth-order valence-corrected chi connectivity index (χ4v) is 4.12. The van der Waals surface area contributed by atoms with Gasteiger partial charge in [0.25, 0.3) is 0 Å². The zero-order chi connectivity index (χ0) is 14.9. The summed E-state index contributed by atoms with van der Waals surface area (Å²) in [5, 5.41) is 3.24. The molecule has 1 heterocycles. The molecule has 0 amide bonds. The van der Waals surface area contributed by atoms with Gasteiger partial charge >= 0.3 is 0 Å². The first-order valence-corrected chi connectivity index (χ1v) is 7.90. The lowest BCUT2D eigenvalue weighted by Crippen LogP contribution is -2.41. The van der Waals surface area contributed by atoms with Crippen molar-refractivity contribution in [1.82, 2.24) is 5.32 Å². The second kappa shape index (κ2) is 6.01. The van der Waals surface area contributed by atoms with Gasteiger partial charge in [0.05, 0.1) is 5.60 Å². The quantitative estimate of drug-likeness (QED) is 0.911. The molecule has 1 aromatic carbocycles. The molecule has 0 aromatic heterocycles. The second-order valence-electron chi connectivity index (χ2n) is 6.42. The van der Waals surface area contributed by atoms with Crippen molar-refractivity contribution in [3.05, 3.63) is 35.4 Å². The van der Waals surface area contributed by atoms with Crippen molar-refractivity contribution < 1.29 is 13.5 Å². The molecule has 3 rings (SSSR count). The van der Waals surface area contributed by atoms with E-state index in [1.165, 1.54) is 18.9 Å². The van der Waals surface area contributed by atoms with Gasteiger partial charge in [-0.1, -0.05) is 18.9 Å². The van der Waals surface area contributed by atoms with E-state index < -0.39 is 11.6 Å². The van der Waals surface area contributed by atoms with Crippen LogP contribution in [0.15, 0.2) is 18.2 Å². The van der Waals surface area contributed by atoms with Crippen LogP contribution < -0.4 is 5.32 Å². The van der Waals surface area contributed by atoms with Gasteiger partial charge in [0, 0.05) is 24.3 Å². The smallest absolute Gasteiger partial charge is 0.130 e. The van der Waals surface area contributed by atoms with E-state index in [0.29, 0.717) is 11.5 Å². The summed E-state index contributed by atoms with van der Waals surface area (Å²) in [6, 6.07) is 3.81. The Kier molecular flexibility index (Phi) is 4.27. The summed E-state index contributed by atoms with van der Waals surface area (Å²) in [4.78, 5) is 0. The zero-order valence-corrected chi connectivity index (χ0v) is 12.5. The largest absolute Gasteiger partial charge is 0.375 e. The molecule has 1 saturated carbocycles. The number of ether oxygens (including phenoxy) is 1. The summed E-state index contributed by atoms with van der Waals surface area (Å²) in [6.45, 7) is 0.742. The van der Waals surface area contributed by atoms with Gasteiger partial charge in [-0.25, -0.2) is 8.78 Å². The van der Waals surface area contributed by atoms with Gasteiger partial charge in [-0.3, -0.25) is 0 Å². The first kappa shape index (κ1) is 14.9. The lowest BCUT2D eigenvalue weighted by Gasteiger charge is -2.41. The number of hydrogen-bond donors (Lipinski definition) is 1. The SMILES string of the molecule is CNC(c1ccc(F)cc1F)C1CCOC2(CCCC2)C1. The minimum atomic E-state index is -0.523. The molecule has 0 bridgehead atoms. The molecule has 1 aliphatic carbocycles. The van der Waals surface area contributed by atoms with Crippen LogP contribution in [-0.4, -0.2) is 19.3 Å². The highest BCUT2D eigenvalue weighted by Gasteiger charge is 2.42. The van der Waals surface area contributed by atoms with E-state index in [0.717, 1.165) is 38.4 Å². The molecule has 1 N–H and O–H groups in total. The molecule has 2 nitrogen and oxygen atoms in total. The molecule has 2 atom stereocenters. The van der Waals surface area contributed by atoms with E-state index in [1.54, 1.807) is 6.07 Å². The van der Waals surface area contributed by atoms with E-state index in [1.807, 2.05) is 7.05 Å². The Bertz CT molecular complexity index is 500. The van der Waals surface area contributed by atoms with Crippen LogP contribution in [0.5, 0.6) is 0 Å². The molecule has 0 radical (unpaired) electrons. The van der Waals surface area contributed by atoms with Gasteiger partial charge in [0.2, 0.25) is 0 Å². The molecule has 1 aliphatic heterocycles. The van der Waals surface area contributed by atoms with Gasteiger partial charge in [-0.05, 0) is 44.7 Å². The number of hydrogen-bond acceptors (Lipinski definition) is 2. The summed E-state index contributed by atoms with van der Waals surface area (Å²) in [5.74, 6) is -0.645. The topological polar surface area (TPSA) is 21.3 Å². The molecular weight excluding hydrogens is 272 g/mol. The highest BCUT2D eigenvalue weighted by molar-refractivity contribution is 5.23. The fraction of sp³-hybridized carbons (Fsp3) is 0.647. The standard InChI is InChI=1S/C17H23F2NO/c1-20-16(14-5-4-13(18)10-15(14)19)12-6-9-21-17(11-12)7-2-3-8-17/h4-5,10,12,16,20H,2-3,6-9,11H2,1H3. The van der Waals surface area contributed by atoms with Crippen LogP contribution in [0, 0.1) is 17.6 Å². The van der Waals surface area contributed by atoms with Crippen LogP contribution in [-0.2, 0) is 4.74 Å². The first-order chi connectivity index (χ1) is 10.1. The third-order valence-corrected chi connectivity index (χ3v) is 5.13. The highest BCUT2D eigenvalue weighted by atomic mass is 19.1. The van der Waals surface area contributed by atoms with Crippen LogP contribution in [0.2, 0.25) is 0 Å². The molecule has 1 spiro atoms. The van der Waals surface area contributed by atoms with Crippen molar-refractivity contribution in [2.24, 2.45) is 5.92 Å². The van der Waals surface area contributed by atoms with Gasteiger partial charge in [-0.15, -0.1) is 0 Å². The Labute approximate surface area is 124 Å². The number of halogens is 2. The number of benzene rings is 1. The summed E-state index contributed by atoms with van der Waals surface area (Å²) in [6.07, 6.45) is 6.57. The molecule has 1 saturated heterocycles. The molecule has 2 aliphatic rings. The monoisotopic (exact) mass is 295 g/mol. The first-order valence-electron chi connectivity index (χ1n) is 7.90. The van der Waals surface area contributed by atoms with Crippen LogP contribution in [0.25, 0.3) is 0 Å². The van der Waals surface area contributed by atoms with Crippen molar-refractivity contribution in [3.8, 4) is 0 Å². The maximum absolute atomic E-state index is 14.1. The molecule has 2 fully saturated rings. The van der Waals surface area contributed by atoms with E-state index in [9.17, 15) is 8.78 Å². The van der Waals surface area contributed by atoms with Crippen molar-refractivity contribution in [2.75, 3.05) is 13.7 Å². The predicted octanol–water partition coefficient (Wildman–Crippen LogP) is 3.96. The minimum absolute atomic E-state index is 0.00846. The van der Waals surface area contributed by atoms with E-state index in [-0.39, 0.29) is 11.6 Å². The highest BCUT2D eigenvalue weighted by Crippen LogP contribution is 2.45. The lowest BCUT2D eigenvalue weighted by molar-refractivity contribution is -0.0980. The van der Waals surface area contributed by atoms with Gasteiger partial charge in [-0.2, -0.15) is 0 Å². The van der Waals surface area contributed by atoms with Gasteiger partial charge < -0.3 is 10.1 Å². The third kappa shape index (κ3) is 2.97. The molecule has 4 heteroatoms. The second-order valence-corrected chi connectivity index (χ2v) is 6.42. The average Bonchev–Trinajstić information content (AvgIpc) is 2.90. The number of nitrogens with one attached hydrogen (secondary N) is 1. The normalized spacial score (nSPS) is 26.1.